The second-order valence-electron chi connectivity index (χ2n) is 3.53. The van der Waals surface area contributed by atoms with Crippen molar-refractivity contribution in [3.8, 4) is 0 Å². The van der Waals surface area contributed by atoms with Crippen molar-refractivity contribution in [1.82, 2.24) is 0 Å². The van der Waals surface area contributed by atoms with Crippen LogP contribution in [0.3, 0.4) is 0 Å². The van der Waals surface area contributed by atoms with Crippen molar-refractivity contribution in [3.05, 3.63) is 47.5 Å². The minimum absolute atomic E-state index is 0.717. The monoisotopic (exact) mass is 182 g/mol. The average Bonchev–Trinajstić information content (AvgIpc) is 2.44. The van der Waals surface area contributed by atoms with Crippen LogP contribution in [-0.4, -0.2) is 0 Å². The van der Waals surface area contributed by atoms with Gasteiger partial charge in [0.25, 0.3) is 0 Å². The van der Waals surface area contributed by atoms with Gasteiger partial charge in [0.15, 0.2) is 0 Å². The van der Waals surface area contributed by atoms with Crippen molar-refractivity contribution in [2.24, 2.45) is 10.2 Å². The van der Waals surface area contributed by atoms with E-state index in [4.69, 9.17) is 0 Å². The van der Waals surface area contributed by atoms with Crippen LogP contribution < -0.4 is 0 Å². The topological polar surface area (TPSA) is 24.7 Å². The molecule has 1 heterocycles. The first-order valence-corrected chi connectivity index (χ1v) is 4.78. The fourth-order valence-corrected chi connectivity index (χ4v) is 2.02. The normalized spacial score (nSPS) is 14.3. The molecule has 2 aromatic rings. The van der Waals surface area contributed by atoms with Gasteiger partial charge in [0.05, 0.1) is 13.1 Å². The zero-order chi connectivity index (χ0) is 9.38. The van der Waals surface area contributed by atoms with Gasteiger partial charge in [-0.3, -0.25) is 0 Å². The Bertz CT molecular complexity index is 472. The Morgan fingerprint density at radius 3 is 1.93 bits per heavy atom. The Morgan fingerprint density at radius 2 is 1.36 bits per heavy atom. The van der Waals surface area contributed by atoms with Crippen LogP contribution in [-0.2, 0) is 13.1 Å². The summed E-state index contributed by atoms with van der Waals surface area (Å²) < 4.78 is 0. The number of nitrogens with zero attached hydrogens (tertiary/aromatic N) is 2. The van der Waals surface area contributed by atoms with Gasteiger partial charge >= 0.3 is 0 Å². The van der Waals surface area contributed by atoms with Crippen molar-refractivity contribution < 1.29 is 0 Å². The lowest BCUT2D eigenvalue weighted by atomic mass is 10.00. The highest BCUT2D eigenvalue weighted by Gasteiger charge is 2.07. The molecule has 0 radical (unpaired) electrons. The molecule has 0 saturated carbocycles. The molecule has 0 N–H and O–H groups in total. The molecule has 0 aliphatic carbocycles. The Morgan fingerprint density at radius 1 is 0.786 bits per heavy atom. The van der Waals surface area contributed by atoms with E-state index < -0.39 is 0 Å². The smallest absolute Gasteiger partial charge is 0.0855 e. The maximum absolute atomic E-state index is 4.14. The Labute approximate surface area is 82.3 Å². The van der Waals surface area contributed by atoms with Gasteiger partial charge in [0.2, 0.25) is 0 Å². The lowest BCUT2D eigenvalue weighted by Gasteiger charge is -2.05. The highest BCUT2D eigenvalue weighted by molar-refractivity contribution is 5.89. The van der Waals surface area contributed by atoms with Gasteiger partial charge < -0.3 is 0 Å². The van der Waals surface area contributed by atoms with Gasteiger partial charge in [0.1, 0.15) is 0 Å². The van der Waals surface area contributed by atoms with E-state index in [1.165, 1.54) is 21.9 Å². The second-order valence-corrected chi connectivity index (χ2v) is 3.53. The standard InChI is InChI=1S/C12H10N2/c1-3-9-4-2-6-11-8-14-13-7-10(5-1)12(9)11/h1-6H,7-8H2. The van der Waals surface area contributed by atoms with Crippen LogP contribution in [0.25, 0.3) is 10.8 Å². The predicted molar refractivity (Wildman–Crippen MR) is 56.2 cm³/mol. The molecule has 68 valence electrons. The zero-order valence-corrected chi connectivity index (χ0v) is 7.77. The van der Waals surface area contributed by atoms with Gasteiger partial charge in [-0.25, -0.2) is 0 Å². The highest BCUT2D eigenvalue weighted by Crippen LogP contribution is 2.26. The summed E-state index contributed by atoms with van der Waals surface area (Å²) in [5.41, 5.74) is 2.58. The fraction of sp³-hybridized carbons (Fsp3) is 0.167. The van der Waals surface area contributed by atoms with Crippen molar-refractivity contribution in [2.45, 2.75) is 13.1 Å². The van der Waals surface area contributed by atoms with Crippen molar-refractivity contribution in [2.75, 3.05) is 0 Å². The van der Waals surface area contributed by atoms with E-state index in [1.54, 1.807) is 0 Å². The van der Waals surface area contributed by atoms with Gasteiger partial charge in [-0.15, -0.1) is 0 Å². The summed E-state index contributed by atoms with van der Waals surface area (Å²) in [5, 5.41) is 10.9. The van der Waals surface area contributed by atoms with Crippen LogP contribution in [0.15, 0.2) is 46.6 Å². The molecule has 2 nitrogen and oxygen atoms in total. The molecular weight excluding hydrogens is 172 g/mol. The molecule has 0 bridgehead atoms. The summed E-state index contributed by atoms with van der Waals surface area (Å²) in [7, 11) is 0. The number of benzene rings is 2. The SMILES string of the molecule is c1cc2c3c(cccc3c1)CN=NC2. The highest BCUT2D eigenvalue weighted by atomic mass is 15.1. The largest absolute Gasteiger partial charge is 0.189 e. The van der Waals surface area contributed by atoms with E-state index >= 15 is 0 Å². The van der Waals surface area contributed by atoms with Crippen LogP contribution in [0.2, 0.25) is 0 Å². The molecule has 3 rings (SSSR count). The Hall–Kier alpha value is -1.70. The lowest BCUT2D eigenvalue weighted by Crippen LogP contribution is -1.87. The molecule has 0 atom stereocenters. The first-order valence-electron chi connectivity index (χ1n) is 4.78. The quantitative estimate of drug-likeness (QED) is 0.597. The predicted octanol–water partition coefficient (Wildman–Crippen LogP) is 3.31. The van der Waals surface area contributed by atoms with Gasteiger partial charge in [-0.05, 0) is 21.9 Å². The van der Waals surface area contributed by atoms with Crippen LogP contribution >= 0.6 is 0 Å². The molecular formula is C12H10N2. The number of hydrogen-bond acceptors (Lipinski definition) is 2. The molecule has 14 heavy (non-hydrogen) atoms. The van der Waals surface area contributed by atoms with E-state index in [0.717, 1.165) is 0 Å². The third kappa shape index (κ3) is 1.04. The van der Waals surface area contributed by atoms with E-state index in [-0.39, 0.29) is 0 Å². The first-order chi connectivity index (χ1) is 6.95. The van der Waals surface area contributed by atoms with E-state index in [2.05, 4.69) is 46.6 Å². The molecule has 1 aliphatic rings. The fourth-order valence-electron chi connectivity index (χ4n) is 2.02. The molecule has 2 aromatic carbocycles. The Balaban J connectivity index is 2.46. The van der Waals surface area contributed by atoms with Crippen molar-refractivity contribution in [3.63, 3.8) is 0 Å². The minimum atomic E-state index is 0.717. The van der Waals surface area contributed by atoms with E-state index in [1.807, 2.05) is 0 Å². The van der Waals surface area contributed by atoms with Gasteiger partial charge in [-0.1, -0.05) is 36.4 Å². The summed E-state index contributed by atoms with van der Waals surface area (Å²) in [5.74, 6) is 0. The molecule has 0 amide bonds. The van der Waals surface area contributed by atoms with Gasteiger partial charge in [-0.2, -0.15) is 10.2 Å². The molecule has 2 heteroatoms. The lowest BCUT2D eigenvalue weighted by molar-refractivity contribution is 0.876. The maximum Gasteiger partial charge on any atom is 0.0855 e. The molecule has 0 spiro atoms. The Kier molecular flexibility index (Phi) is 1.60. The second kappa shape index (κ2) is 2.91. The average molecular weight is 182 g/mol. The molecule has 0 saturated heterocycles. The van der Waals surface area contributed by atoms with Crippen molar-refractivity contribution >= 4 is 10.8 Å². The number of azo groups is 1. The van der Waals surface area contributed by atoms with Crippen LogP contribution in [0.4, 0.5) is 0 Å². The zero-order valence-electron chi connectivity index (χ0n) is 7.77. The molecule has 0 aromatic heterocycles. The molecule has 0 fully saturated rings. The summed E-state index contributed by atoms with van der Waals surface area (Å²) in [4.78, 5) is 0. The van der Waals surface area contributed by atoms with Crippen LogP contribution in [0, 0.1) is 0 Å². The summed E-state index contributed by atoms with van der Waals surface area (Å²) >= 11 is 0. The minimum Gasteiger partial charge on any atom is -0.189 e. The summed E-state index contributed by atoms with van der Waals surface area (Å²) in [6.07, 6.45) is 0. The van der Waals surface area contributed by atoms with Gasteiger partial charge in [0, 0.05) is 0 Å². The number of rotatable bonds is 0. The summed E-state index contributed by atoms with van der Waals surface area (Å²) in [6, 6.07) is 12.7. The third-order valence-corrected chi connectivity index (χ3v) is 2.66. The van der Waals surface area contributed by atoms with Crippen molar-refractivity contribution in [1.29, 1.82) is 0 Å². The summed E-state index contributed by atoms with van der Waals surface area (Å²) in [6.45, 7) is 1.43. The number of hydrogen-bond donors (Lipinski definition) is 0. The van der Waals surface area contributed by atoms with E-state index in [9.17, 15) is 0 Å². The first kappa shape index (κ1) is 7.68. The van der Waals surface area contributed by atoms with Crippen LogP contribution in [0.1, 0.15) is 11.1 Å². The maximum atomic E-state index is 4.14. The van der Waals surface area contributed by atoms with E-state index in [0.29, 0.717) is 13.1 Å². The third-order valence-electron chi connectivity index (χ3n) is 2.66. The van der Waals surface area contributed by atoms with Crippen LogP contribution in [0.5, 0.6) is 0 Å². The molecule has 0 unspecified atom stereocenters. The molecule has 1 aliphatic heterocycles.